The van der Waals surface area contributed by atoms with E-state index in [1.54, 1.807) is 36.4 Å². The molecule has 2 N–H and O–H groups in total. The van der Waals surface area contributed by atoms with Gasteiger partial charge in [0.2, 0.25) is 11.8 Å². The predicted molar refractivity (Wildman–Crippen MR) is 114 cm³/mol. The van der Waals surface area contributed by atoms with Gasteiger partial charge in [0.25, 0.3) is 0 Å². The molecule has 1 fully saturated rings. The number of anilines is 2. The van der Waals surface area contributed by atoms with Gasteiger partial charge in [-0.2, -0.15) is 15.3 Å². The Kier molecular flexibility index (Phi) is 6.24. The summed E-state index contributed by atoms with van der Waals surface area (Å²) in [7, 11) is 3.40. The van der Waals surface area contributed by atoms with Crippen LogP contribution in [0.2, 0.25) is 0 Å². The summed E-state index contributed by atoms with van der Waals surface area (Å²) in [6.45, 7) is 2.55. The number of methoxy groups -OCH3 is 1. The molecule has 1 saturated heterocycles. The van der Waals surface area contributed by atoms with Crippen LogP contribution >= 0.6 is 0 Å². The Labute approximate surface area is 180 Å². The summed E-state index contributed by atoms with van der Waals surface area (Å²) in [5.74, 6) is 1.69. The van der Waals surface area contributed by atoms with Crippen molar-refractivity contribution in [3.05, 3.63) is 36.5 Å². The zero-order chi connectivity index (χ0) is 21.6. The first kappa shape index (κ1) is 20.6. The molecule has 31 heavy (non-hydrogen) atoms. The summed E-state index contributed by atoms with van der Waals surface area (Å²) in [5.41, 5.74) is 2.48. The van der Waals surface area contributed by atoms with Gasteiger partial charge in [-0.3, -0.25) is 4.68 Å². The van der Waals surface area contributed by atoms with E-state index in [0.29, 0.717) is 35.8 Å². The summed E-state index contributed by atoms with van der Waals surface area (Å²) in [5, 5.41) is 20.0. The highest BCUT2D eigenvalue weighted by Gasteiger charge is 2.16. The highest BCUT2D eigenvalue weighted by molar-refractivity contribution is 5.68. The number of nitrogens with zero attached hydrogens (tertiary/aromatic N) is 6. The second kappa shape index (κ2) is 9.40. The molecule has 0 aliphatic carbocycles. The van der Waals surface area contributed by atoms with Crippen LogP contribution in [0.4, 0.5) is 11.6 Å². The van der Waals surface area contributed by atoms with Crippen LogP contribution in [-0.4, -0.2) is 51.5 Å². The zero-order valence-corrected chi connectivity index (χ0v) is 17.5. The van der Waals surface area contributed by atoms with Crippen molar-refractivity contribution in [2.75, 3.05) is 32.1 Å². The molecule has 0 aromatic carbocycles. The number of hydrogen-bond acceptors (Lipinski definition) is 9. The third kappa shape index (κ3) is 4.90. The van der Waals surface area contributed by atoms with Crippen molar-refractivity contribution in [3.63, 3.8) is 0 Å². The van der Waals surface area contributed by atoms with E-state index in [1.807, 2.05) is 13.2 Å². The fourth-order valence-corrected chi connectivity index (χ4v) is 3.43. The van der Waals surface area contributed by atoms with E-state index in [1.165, 1.54) is 0 Å². The smallest absolute Gasteiger partial charge is 0.230 e. The van der Waals surface area contributed by atoms with Gasteiger partial charge < -0.3 is 20.1 Å². The van der Waals surface area contributed by atoms with Crippen LogP contribution < -0.4 is 20.1 Å². The van der Waals surface area contributed by atoms with Crippen LogP contribution in [0, 0.1) is 17.2 Å². The number of aryl methyl sites for hydroxylation is 1. The molecule has 3 aromatic rings. The SMILES string of the molecule is COc1nc(Nc2cnc(C#N)c(OCC3CCNCC3)c2)ncc1-c1cnn(C)c1. The standard InChI is InChI=1S/C21H24N8O2/c1-29-12-15(9-26-29)17-11-25-21(28-20(17)30-2)27-16-7-19(18(8-22)24-10-16)31-13-14-3-5-23-6-4-14/h7,9-12,14,23H,3-6,13H2,1-2H3,(H,25,27,28). The molecule has 160 valence electrons. The van der Waals surface area contributed by atoms with Gasteiger partial charge in [-0.1, -0.05) is 0 Å². The molecule has 10 heteroatoms. The number of piperidine rings is 1. The van der Waals surface area contributed by atoms with Gasteiger partial charge >= 0.3 is 0 Å². The lowest BCUT2D eigenvalue weighted by molar-refractivity contribution is 0.214. The number of nitrogens with one attached hydrogen (secondary N) is 2. The van der Waals surface area contributed by atoms with Crippen LogP contribution in [0.25, 0.3) is 11.1 Å². The van der Waals surface area contributed by atoms with Gasteiger partial charge in [0.1, 0.15) is 6.07 Å². The van der Waals surface area contributed by atoms with Crippen LogP contribution in [0.15, 0.2) is 30.9 Å². The number of hydrogen-bond donors (Lipinski definition) is 2. The largest absolute Gasteiger partial charge is 0.490 e. The topological polar surface area (TPSA) is 123 Å². The maximum absolute atomic E-state index is 9.37. The number of rotatable bonds is 7. The highest BCUT2D eigenvalue weighted by Crippen LogP contribution is 2.29. The van der Waals surface area contributed by atoms with Gasteiger partial charge in [0.15, 0.2) is 11.4 Å². The molecule has 0 amide bonds. The van der Waals surface area contributed by atoms with E-state index in [0.717, 1.165) is 37.1 Å². The first-order valence-corrected chi connectivity index (χ1v) is 10.1. The van der Waals surface area contributed by atoms with Crippen molar-refractivity contribution in [2.24, 2.45) is 13.0 Å². The van der Waals surface area contributed by atoms with Gasteiger partial charge in [0, 0.05) is 31.1 Å². The van der Waals surface area contributed by atoms with Crippen molar-refractivity contribution in [2.45, 2.75) is 12.8 Å². The van der Waals surface area contributed by atoms with Crippen LogP contribution in [0.5, 0.6) is 11.6 Å². The van der Waals surface area contributed by atoms with Crippen molar-refractivity contribution in [1.82, 2.24) is 30.0 Å². The van der Waals surface area contributed by atoms with E-state index >= 15 is 0 Å². The molecule has 1 aliphatic rings. The number of ether oxygens (including phenoxy) is 2. The maximum atomic E-state index is 9.37. The van der Waals surface area contributed by atoms with Gasteiger partial charge in [-0.25, -0.2) is 9.97 Å². The molecule has 0 saturated carbocycles. The van der Waals surface area contributed by atoms with E-state index < -0.39 is 0 Å². The lowest BCUT2D eigenvalue weighted by Crippen LogP contribution is -2.30. The van der Waals surface area contributed by atoms with E-state index in [-0.39, 0.29) is 5.69 Å². The molecule has 0 atom stereocenters. The molecular weight excluding hydrogens is 396 g/mol. The Balaban J connectivity index is 1.51. The van der Waals surface area contributed by atoms with E-state index in [9.17, 15) is 5.26 Å². The summed E-state index contributed by atoms with van der Waals surface area (Å²) in [6, 6.07) is 3.83. The van der Waals surface area contributed by atoms with Crippen LogP contribution in [0.3, 0.4) is 0 Å². The molecule has 10 nitrogen and oxygen atoms in total. The second-order valence-corrected chi connectivity index (χ2v) is 7.33. The predicted octanol–water partition coefficient (Wildman–Crippen LogP) is 2.27. The minimum atomic E-state index is 0.255. The lowest BCUT2D eigenvalue weighted by Gasteiger charge is -2.22. The Morgan fingerprint density at radius 3 is 2.81 bits per heavy atom. The van der Waals surface area contributed by atoms with Crippen molar-refractivity contribution >= 4 is 11.6 Å². The highest BCUT2D eigenvalue weighted by atomic mass is 16.5. The monoisotopic (exact) mass is 420 g/mol. The Morgan fingerprint density at radius 1 is 1.26 bits per heavy atom. The Bertz CT molecular complexity index is 1090. The van der Waals surface area contributed by atoms with Gasteiger partial charge in [0.05, 0.1) is 37.4 Å². The molecule has 0 spiro atoms. The van der Waals surface area contributed by atoms with E-state index in [4.69, 9.17) is 9.47 Å². The lowest BCUT2D eigenvalue weighted by atomic mass is 9.99. The van der Waals surface area contributed by atoms with Crippen molar-refractivity contribution in [3.8, 4) is 28.8 Å². The fraction of sp³-hybridized carbons (Fsp3) is 0.381. The molecular formula is C21H24N8O2. The molecule has 0 bridgehead atoms. The average Bonchev–Trinajstić information content (AvgIpc) is 3.24. The zero-order valence-electron chi connectivity index (χ0n) is 17.5. The van der Waals surface area contributed by atoms with Gasteiger partial charge in [-0.15, -0.1) is 0 Å². The molecule has 3 aromatic heterocycles. The number of aromatic nitrogens is 5. The maximum Gasteiger partial charge on any atom is 0.230 e. The first-order valence-electron chi connectivity index (χ1n) is 10.1. The fourth-order valence-electron chi connectivity index (χ4n) is 3.43. The van der Waals surface area contributed by atoms with Crippen LogP contribution in [0.1, 0.15) is 18.5 Å². The summed E-state index contributed by atoms with van der Waals surface area (Å²) in [6.07, 6.45) is 8.95. The first-order chi connectivity index (χ1) is 15.2. The molecule has 1 aliphatic heterocycles. The van der Waals surface area contributed by atoms with E-state index in [2.05, 4.69) is 36.8 Å². The minimum absolute atomic E-state index is 0.255. The normalized spacial score (nSPS) is 14.1. The Morgan fingerprint density at radius 2 is 2.10 bits per heavy atom. The average molecular weight is 420 g/mol. The molecule has 0 radical (unpaired) electrons. The van der Waals surface area contributed by atoms with Crippen molar-refractivity contribution in [1.29, 1.82) is 5.26 Å². The molecule has 0 unspecified atom stereocenters. The van der Waals surface area contributed by atoms with Gasteiger partial charge in [-0.05, 0) is 31.8 Å². The third-order valence-electron chi connectivity index (χ3n) is 5.11. The summed E-state index contributed by atoms with van der Waals surface area (Å²) < 4.78 is 13.1. The Hall–Kier alpha value is -3.71. The molecule has 4 heterocycles. The van der Waals surface area contributed by atoms with Crippen molar-refractivity contribution < 1.29 is 9.47 Å². The quantitative estimate of drug-likeness (QED) is 0.592. The number of nitriles is 1. The molecule has 4 rings (SSSR count). The summed E-state index contributed by atoms with van der Waals surface area (Å²) >= 11 is 0. The minimum Gasteiger partial charge on any atom is -0.490 e. The third-order valence-corrected chi connectivity index (χ3v) is 5.11. The summed E-state index contributed by atoms with van der Waals surface area (Å²) in [4.78, 5) is 13.0. The number of pyridine rings is 1. The van der Waals surface area contributed by atoms with Crippen LogP contribution in [-0.2, 0) is 7.05 Å². The second-order valence-electron chi connectivity index (χ2n) is 7.33.